The van der Waals surface area contributed by atoms with Crippen LogP contribution < -0.4 is 4.74 Å². The van der Waals surface area contributed by atoms with Crippen molar-refractivity contribution in [3.8, 4) is 23.0 Å². The van der Waals surface area contributed by atoms with Gasteiger partial charge in [0.15, 0.2) is 5.78 Å². The van der Waals surface area contributed by atoms with Crippen LogP contribution in [0.5, 0.6) is 23.0 Å². The van der Waals surface area contributed by atoms with Gasteiger partial charge in [0.1, 0.15) is 23.0 Å². The fraction of sp³-hybridized carbons (Fsp3) is 0.435. The summed E-state index contributed by atoms with van der Waals surface area (Å²) in [5.74, 6) is -0.690. The van der Waals surface area contributed by atoms with E-state index in [0.717, 1.165) is 18.9 Å². The number of aromatic hydroxyl groups is 3. The summed E-state index contributed by atoms with van der Waals surface area (Å²) in [5.41, 5.74) is 0.0844. The number of phenolic OH excluding ortho intramolecular Hbond substituents is 3. The lowest BCUT2D eigenvalue weighted by molar-refractivity contribution is 0.103. The van der Waals surface area contributed by atoms with Gasteiger partial charge >= 0.3 is 0 Å². The highest BCUT2D eigenvalue weighted by molar-refractivity contribution is 6.12. The Labute approximate surface area is 166 Å². The van der Waals surface area contributed by atoms with Crippen LogP contribution in [-0.2, 0) is 0 Å². The van der Waals surface area contributed by atoms with Crippen molar-refractivity contribution in [2.75, 3.05) is 6.61 Å². The number of phenols is 3. The molecule has 2 aromatic carbocycles. The molecule has 5 heteroatoms. The SMILES string of the molecule is CCCCCCCCCCOc1ccc(C(=O)c2ccc(O)cc2O)c(O)c1. The van der Waals surface area contributed by atoms with E-state index in [1.165, 1.54) is 62.8 Å². The lowest BCUT2D eigenvalue weighted by Crippen LogP contribution is -2.03. The third kappa shape index (κ3) is 6.48. The van der Waals surface area contributed by atoms with E-state index in [0.29, 0.717) is 12.4 Å². The summed E-state index contributed by atoms with van der Waals surface area (Å²) in [4.78, 5) is 12.5. The molecule has 0 saturated carbocycles. The lowest BCUT2D eigenvalue weighted by Gasteiger charge is -2.10. The van der Waals surface area contributed by atoms with E-state index in [9.17, 15) is 20.1 Å². The van der Waals surface area contributed by atoms with Crippen molar-refractivity contribution in [2.45, 2.75) is 58.3 Å². The molecule has 0 unspecified atom stereocenters. The van der Waals surface area contributed by atoms with Crippen LogP contribution in [0.2, 0.25) is 0 Å². The summed E-state index contributed by atoms with van der Waals surface area (Å²) < 4.78 is 5.66. The average Bonchev–Trinajstić information content (AvgIpc) is 2.66. The predicted octanol–water partition coefficient (Wildman–Crippen LogP) is 5.55. The molecule has 0 spiro atoms. The van der Waals surface area contributed by atoms with Crippen molar-refractivity contribution in [1.82, 2.24) is 0 Å². The van der Waals surface area contributed by atoms with Gasteiger partial charge in [-0.15, -0.1) is 0 Å². The maximum atomic E-state index is 12.5. The van der Waals surface area contributed by atoms with Gasteiger partial charge in [0.05, 0.1) is 17.7 Å². The molecule has 152 valence electrons. The van der Waals surface area contributed by atoms with Gasteiger partial charge in [-0.2, -0.15) is 0 Å². The molecular weight excluding hydrogens is 356 g/mol. The van der Waals surface area contributed by atoms with Crippen LogP contribution in [0.4, 0.5) is 0 Å². The van der Waals surface area contributed by atoms with E-state index in [1.54, 1.807) is 6.07 Å². The highest BCUT2D eigenvalue weighted by Gasteiger charge is 2.18. The van der Waals surface area contributed by atoms with Gasteiger partial charge in [-0.3, -0.25) is 4.79 Å². The Hall–Kier alpha value is -2.69. The highest BCUT2D eigenvalue weighted by atomic mass is 16.5. The Bertz CT molecular complexity index is 770. The minimum absolute atomic E-state index is 0.0145. The second-order valence-corrected chi connectivity index (χ2v) is 7.03. The first-order chi connectivity index (χ1) is 13.5. The Kier molecular flexibility index (Phi) is 8.66. The third-order valence-corrected chi connectivity index (χ3v) is 4.71. The number of ether oxygens (including phenoxy) is 1. The minimum atomic E-state index is -0.523. The lowest BCUT2D eigenvalue weighted by atomic mass is 10.0. The van der Waals surface area contributed by atoms with Crippen molar-refractivity contribution >= 4 is 5.78 Å². The largest absolute Gasteiger partial charge is 0.508 e. The summed E-state index contributed by atoms with van der Waals surface area (Å²) in [6, 6.07) is 8.24. The van der Waals surface area contributed by atoms with Crippen LogP contribution in [0.1, 0.15) is 74.2 Å². The maximum absolute atomic E-state index is 12.5. The average molecular weight is 386 g/mol. The zero-order valence-electron chi connectivity index (χ0n) is 16.5. The van der Waals surface area contributed by atoms with E-state index >= 15 is 0 Å². The summed E-state index contributed by atoms with van der Waals surface area (Å²) in [6.07, 6.45) is 9.75. The van der Waals surface area contributed by atoms with Crippen molar-refractivity contribution < 1.29 is 24.9 Å². The molecule has 0 bridgehead atoms. The third-order valence-electron chi connectivity index (χ3n) is 4.71. The molecule has 0 fully saturated rings. The van der Waals surface area contributed by atoms with Gasteiger partial charge in [-0.1, -0.05) is 51.9 Å². The first-order valence-electron chi connectivity index (χ1n) is 10.1. The summed E-state index contributed by atoms with van der Waals surface area (Å²) in [7, 11) is 0. The fourth-order valence-corrected chi connectivity index (χ4v) is 3.08. The maximum Gasteiger partial charge on any atom is 0.200 e. The second kappa shape index (κ2) is 11.2. The number of rotatable bonds is 12. The van der Waals surface area contributed by atoms with Crippen molar-refractivity contribution in [3.63, 3.8) is 0 Å². The van der Waals surface area contributed by atoms with Crippen molar-refractivity contribution in [2.24, 2.45) is 0 Å². The summed E-state index contributed by atoms with van der Waals surface area (Å²) in [5, 5.41) is 29.3. The predicted molar refractivity (Wildman–Crippen MR) is 109 cm³/mol. The van der Waals surface area contributed by atoms with Crippen LogP contribution in [0.25, 0.3) is 0 Å². The number of hydrogen-bond donors (Lipinski definition) is 3. The normalized spacial score (nSPS) is 10.8. The Morgan fingerprint density at radius 2 is 1.36 bits per heavy atom. The van der Waals surface area contributed by atoms with Gasteiger partial charge in [0, 0.05) is 12.1 Å². The highest BCUT2D eigenvalue weighted by Crippen LogP contribution is 2.30. The molecule has 5 nitrogen and oxygen atoms in total. The number of unbranched alkanes of at least 4 members (excludes halogenated alkanes) is 7. The second-order valence-electron chi connectivity index (χ2n) is 7.03. The molecule has 0 aliphatic heterocycles. The Morgan fingerprint density at radius 3 is 1.96 bits per heavy atom. The van der Waals surface area contributed by atoms with E-state index in [1.807, 2.05) is 0 Å². The molecule has 0 saturated heterocycles. The van der Waals surface area contributed by atoms with Crippen molar-refractivity contribution in [1.29, 1.82) is 0 Å². The van der Waals surface area contributed by atoms with Gasteiger partial charge < -0.3 is 20.1 Å². The number of benzene rings is 2. The zero-order valence-corrected chi connectivity index (χ0v) is 16.5. The molecule has 0 aliphatic carbocycles. The molecule has 2 aromatic rings. The zero-order chi connectivity index (χ0) is 20.4. The van der Waals surface area contributed by atoms with E-state index in [2.05, 4.69) is 6.92 Å². The number of carbonyl (C=O) groups is 1. The molecule has 0 aliphatic rings. The molecule has 3 N–H and O–H groups in total. The molecule has 0 atom stereocenters. The summed E-state index contributed by atoms with van der Waals surface area (Å²) in [6.45, 7) is 2.79. The van der Waals surface area contributed by atoms with E-state index in [4.69, 9.17) is 4.74 Å². The van der Waals surface area contributed by atoms with Crippen LogP contribution >= 0.6 is 0 Å². The quantitative estimate of drug-likeness (QED) is 0.329. The standard InChI is InChI=1S/C23H30O5/c1-2-3-4-5-6-7-8-9-14-28-18-11-13-20(22(26)16-18)23(27)19-12-10-17(24)15-21(19)25/h10-13,15-16,24-26H,2-9,14H2,1H3. The first-order valence-corrected chi connectivity index (χ1v) is 10.1. The van der Waals surface area contributed by atoms with Gasteiger partial charge in [0.25, 0.3) is 0 Å². The first kappa shape index (κ1) is 21.6. The van der Waals surface area contributed by atoms with E-state index < -0.39 is 5.78 Å². The molecule has 0 radical (unpaired) electrons. The Morgan fingerprint density at radius 1 is 0.786 bits per heavy atom. The molecule has 0 heterocycles. The summed E-state index contributed by atoms with van der Waals surface area (Å²) >= 11 is 0. The van der Waals surface area contributed by atoms with Crippen molar-refractivity contribution in [3.05, 3.63) is 47.5 Å². The number of carbonyl (C=O) groups excluding carboxylic acids is 1. The molecule has 2 rings (SSSR count). The molecular formula is C23H30O5. The van der Waals surface area contributed by atoms with Crippen LogP contribution in [0, 0.1) is 0 Å². The minimum Gasteiger partial charge on any atom is -0.508 e. The molecule has 0 aromatic heterocycles. The van der Waals surface area contributed by atoms with Crippen LogP contribution in [0.15, 0.2) is 36.4 Å². The van der Waals surface area contributed by atoms with Gasteiger partial charge in [-0.05, 0) is 30.7 Å². The Balaban J connectivity index is 1.81. The smallest absolute Gasteiger partial charge is 0.200 e. The topological polar surface area (TPSA) is 87.0 Å². The monoisotopic (exact) mass is 386 g/mol. The van der Waals surface area contributed by atoms with Crippen LogP contribution in [0.3, 0.4) is 0 Å². The van der Waals surface area contributed by atoms with E-state index in [-0.39, 0.29) is 28.4 Å². The van der Waals surface area contributed by atoms with Gasteiger partial charge in [-0.25, -0.2) is 0 Å². The number of ketones is 1. The fourth-order valence-electron chi connectivity index (χ4n) is 3.08. The van der Waals surface area contributed by atoms with Crippen LogP contribution in [-0.4, -0.2) is 27.7 Å². The molecule has 28 heavy (non-hydrogen) atoms. The molecule has 0 amide bonds. The number of hydrogen-bond acceptors (Lipinski definition) is 5. The van der Waals surface area contributed by atoms with Gasteiger partial charge in [0.2, 0.25) is 0 Å².